The molecule has 1 amide bonds. The van der Waals surface area contributed by atoms with Gasteiger partial charge in [-0.1, -0.05) is 296 Å². The average Bonchev–Trinajstić information content (AvgIpc) is 3.33. The van der Waals surface area contributed by atoms with Gasteiger partial charge in [0, 0.05) is 6.42 Å². The molecule has 3 N–H and O–H groups in total. The number of hydrogen-bond acceptors (Lipinski definition) is 5. The van der Waals surface area contributed by atoms with Gasteiger partial charge in [0.2, 0.25) is 5.91 Å². The van der Waals surface area contributed by atoms with Crippen molar-refractivity contribution in [3.8, 4) is 0 Å². The van der Waals surface area contributed by atoms with E-state index in [1.165, 1.54) is 263 Å². The maximum atomic E-state index is 13.0. The first-order chi connectivity index (χ1) is 34.5. The number of hydrogen-bond donors (Lipinski definition) is 3. The van der Waals surface area contributed by atoms with Gasteiger partial charge in [0.05, 0.1) is 39.9 Å². The summed E-state index contributed by atoms with van der Waals surface area (Å²) in [5, 5.41) is 14.1. The molecule has 0 aliphatic heterocycles. The largest absolute Gasteiger partial charge is 0.472 e. The topological polar surface area (TPSA) is 105 Å². The van der Waals surface area contributed by atoms with Gasteiger partial charge in [-0.15, -0.1) is 0 Å². The molecule has 0 rings (SSSR count). The van der Waals surface area contributed by atoms with Gasteiger partial charge in [0.25, 0.3) is 0 Å². The van der Waals surface area contributed by atoms with Crippen molar-refractivity contribution in [2.45, 2.75) is 341 Å². The lowest BCUT2D eigenvalue weighted by molar-refractivity contribution is -0.870. The van der Waals surface area contributed by atoms with Crippen LogP contribution in [0.5, 0.6) is 0 Å². The Labute approximate surface area is 443 Å². The van der Waals surface area contributed by atoms with E-state index in [2.05, 4.69) is 31.3 Å². The average molecular weight is 1030 g/mol. The molecule has 0 radical (unpaired) electrons. The number of rotatable bonds is 59. The standard InChI is InChI=1S/C62H125N2O6P/c1-6-8-10-12-14-16-18-20-22-24-26-28-30-31-32-33-34-36-38-40-42-44-46-48-50-52-54-56-62(66)63-60(59-70-71(67,68)69-58-57-64(3,4)5)61(65)55-53-51-49-47-45-43-41-39-37-35-29-27-25-23-21-19-17-15-13-11-9-7-2/h24,26,60-61,65H,6-23,25,27-59H2,1-5H3,(H-,63,66,67,68)/p+1/b26-24-. The lowest BCUT2D eigenvalue weighted by Gasteiger charge is -2.26. The van der Waals surface area contributed by atoms with Crippen LogP contribution in [0, 0.1) is 0 Å². The monoisotopic (exact) mass is 1030 g/mol. The van der Waals surface area contributed by atoms with Crippen LogP contribution >= 0.6 is 7.82 Å². The highest BCUT2D eigenvalue weighted by atomic mass is 31.2. The summed E-state index contributed by atoms with van der Waals surface area (Å²) < 4.78 is 23.8. The Morgan fingerprint density at radius 2 is 0.761 bits per heavy atom. The summed E-state index contributed by atoms with van der Waals surface area (Å²) in [5.74, 6) is -0.137. The lowest BCUT2D eigenvalue weighted by atomic mass is 10.0. The Kier molecular flexibility index (Phi) is 53.5. The van der Waals surface area contributed by atoms with Gasteiger partial charge in [-0.3, -0.25) is 13.8 Å². The second kappa shape index (κ2) is 54.0. The van der Waals surface area contributed by atoms with Crippen molar-refractivity contribution in [1.82, 2.24) is 5.32 Å². The summed E-state index contributed by atoms with van der Waals surface area (Å²) >= 11 is 0. The molecule has 0 aromatic carbocycles. The molecule has 8 nitrogen and oxygen atoms in total. The highest BCUT2D eigenvalue weighted by molar-refractivity contribution is 7.47. The summed E-state index contributed by atoms with van der Waals surface area (Å²) in [6, 6.07) is -0.758. The van der Waals surface area contributed by atoms with Crippen LogP contribution in [0.3, 0.4) is 0 Å². The van der Waals surface area contributed by atoms with E-state index in [1.54, 1.807) is 0 Å². The van der Waals surface area contributed by atoms with Gasteiger partial charge >= 0.3 is 7.82 Å². The van der Waals surface area contributed by atoms with Gasteiger partial charge < -0.3 is 19.8 Å². The van der Waals surface area contributed by atoms with Crippen molar-refractivity contribution in [3.63, 3.8) is 0 Å². The van der Waals surface area contributed by atoms with E-state index in [1.807, 2.05) is 21.1 Å². The van der Waals surface area contributed by atoms with Crippen LogP contribution in [0.1, 0.15) is 328 Å². The lowest BCUT2D eigenvalue weighted by Crippen LogP contribution is -2.46. The van der Waals surface area contributed by atoms with Gasteiger partial charge in [-0.25, -0.2) is 4.57 Å². The van der Waals surface area contributed by atoms with Gasteiger partial charge in [-0.2, -0.15) is 0 Å². The number of carbonyl (C=O) groups excluding carboxylic acids is 1. The summed E-state index contributed by atoms with van der Waals surface area (Å²) in [4.78, 5) is 23.4. The van der Waals surface area contributed by atoms with Crippen molar-refractivity contribution >= 4 is 13.7 Å². The number of nitrogens with one attached hydrogen (secondary N) is 1. The molecular weight excluding hydrogens is 900 g/mol. The molecule has 0 aromatic rings. The van der Waals surface area contributed by atoms with Crippen LogP contribution in [0.25, 0.3) is 0 Å². The first-order valence-corrected chi connectivity index (χ1v) is 33.0. The van der Waals surface area contributed by atoms with E-state index in [0.29, 0.717) is 23.9 Å². The number of quaternary nitrogens is 1. The number of unbranched alkanes of at least 4 members (excludes halogenated alkanes) is 44. The van der Waals surface area contributed by atoms with Gasteiger partial charge in [0.1, 0.15) is 13.2 Å². The number of aliphatic hydroxyl groups excluding tert-OH is 1. The molecule has 0 saturated carbocycles. The molecular formula is C62H126N2O6P+. The Balaban J connectivity index is 4.07. The molecule has 0 saturated heterocycles. The number of likely N-dealkylation sites (N-methyl/N-ethyl adjacent to an activating group) is 1. The van der Waals surface area contributed by atoms with Crippen LogP contribution in [0.4, 0.5) is 0 Å². The van der Waals surface area contributed by atoms with Crippen molar-refractivity contribution in [2.75, 3.05) is 40.9 Å². The van der Waals surface area contributed by atoms with Crippen molar-refractivity contribution in [3.05, 3.63) is 12.2 Å². The number of nitrogens with zero attached hydrogens (tertiary/aromatic N) is 1. The maximum Gasteiger partial charge on any atom is 0.472 e. The van der Waals surface area contributed by atoms with E-state index in [4.69, 9.17) is 9.05 Å². The fourth-order valence-corrected chi connectivity index (χ4v) is 10.5. The third-order valence-corrected chi connectivity index (χ3v) is 15.7. The van der Waals surface area contributed by atoms with Crippen LogP contribution in [-0.4, -0.2) is 73.4 Å². The van der Waals surface area contributed by atoms with Gasteiger partial charge in [0.15, 0.2) is 0 Å². The van der Waals surface area contributed by atoms with E-state index in [-0.39, 0.29) is 19.1 Å². The SMILES string of the molecule is CCCCCCCCCC/C=C\CCCCCCCCCCCCCCCCCC(=O)NC(COP(=O)(O)OCC[N+](C)(C)C)C(O)CCCCCCCCCCCCCCCCCCCCCCCC. The van der Waals surface area contributed by atoms with E-state index in [0.717, 1.165) is 38.5 Å². The predicted molar refractivity (Wildman–Crippen MR) is 309 cm³/mol. The first kappa shape index (κ1) is 70.2. The fraction of sp³-hybridized carbons (Fsp3) is 0.952. The minimum absolute atomic E-state index is 0.0779. The fourth-order valence-electron chi connectivity index (χ4n) is 9.81. The van der Waals surface area contributed by atoms with Gasteiger partial charge in [-0.05, 0) is 38.5 Å². The Bertz CT molecular complexity index is 1160. The molecule has 0 fully saturated rings. The third-order valence-electron chi connectivity index (χ3n) is 14.8. The molecule has 3 unspecified atom stereocenters. The highest BCUT2D eigenvalue weighted by Gasteiger charge is 2.28. The number of carbonyl (C=O) groups is 1. The van der Waals surface area contributed by atoms with E-state index < -0.39 is 20.0 Å². The van der Waals surface area contributed by atoms with Crippen LogP contribution < -0.4 is 5.32 Å². The highest BCUT2D eigenvalue weighted by Crippen LogP contribution is 2.43. The molecule has 0 aliphatic carbocycles. The van der Waals surface area contributed by atoms with Crippen molar-refractivity contribution in [1.29, 1.82) is 0 Å². The number of amides is 1. The number of phosphoric ester groups is 1. The normalized spacial score (nSPS) is 13.8. The molecule has 424 valence electrons. The maximum absolute atomic E-state index is 13.0. The summed E-state index contributed by atoms with van der Waals surface area (Å²) in [6.07, 6.45) is 67.1. The zero-order chi connectivity index (χ0) is 52.0. The summed E-state index contributed by atoms with van der Waals surface area (Å²) in [7, 11) is 1.63. The first-order valence-electron chi connectivity index (χ1n) is 31.6. The second-order valence-electron chi connectivity index (χ2n) is 23.1. The molecule has 3 atom stereocenters. The minimum Gasteiger partial charge on any atom is -0.391 e. The number of aliphatic hydroxyl groups is 1. The zero-order valence-electron chi connectivity index (χ0n) is 48.5. The summed E-state index contributed by atoms with van der Waals surface area (Å²) in [5.41, 5.74) is 0. The molecule has 9 heteroatoms. The smallest absolute Gasteiger partial charge is 0.391 e. The van der Waals surface area contributed by atoms with E-state index >= 15 is 0 Å². The molecule has 71 heavy (non-hydrogen) atoms. The molecule has 0 aromatic heterocycles. The number of allylic oxidation sites excluding steroid dienone is 2. The van der Waals surface area contributed by atoms with Crippen LogP contribution in [0.15, 0.2) is 12.2 Å². The van der Waals surface area contributed by atoms with Crippen molar-refractivity contribution < 1.29 is 32.9 Å². The Hall–Kier alpha value is -0.760. The molecule has 0 heterocycles. The number of phosphoric acid groups is 1. The predicted octanol–water partition coefficient (Wildman–Crippen LogP) is 19.4. The van der Waals surface area contributed by atoms with E-state index in [9.17, 15) is 19.4 Å². The molecule has 0 spiro atoms. The molecule has 0 bridgehead atoms. The molecule has 0 aliphatic rings. The third kappa shape index (κ3) is 56.8. The Morgan fingerprint density at radius 1 is 0.465 bits per heavy atom. The van der Waals surface area contributed by atoms with Crippen molar-refractivity contribution in [2.24, 2.45) is 0 Å². The van der Waals surface area contributed by atoms with Crippen LogP contribution in [0.2, 0.25) is 0 Å². The minimum atomic E-state index is -4.32. The van der Waals surface area contributed by atoms with Crippen LogP contribution in [-0.2, 0) is 18.4 Å². The second-order valence-corrected chi connectivity index (χ2v) is 24.6. The Morgan fingerprint density at radius 3 is 1.08 bits per heavy atom. The summed E-state index contributed by atoms with van der Waals surface area (Å²) in [6.45, 7) is 4.95. The zero-order valence-corrected chi connectivity index (χ0v) is 49.4. The quantitative estimate of drug-likeness (QED) is 0.0243.